The van der Waals surface area contributed by atoms with Gasteiger partial charge in [-0.05, 0) is 0 Å². The first-order chi connectivity index (χ1) is 12.4. The van der Waals surface area contributed by atoms with Crippen LogP contribution in [0.15, 0.2) is 12.7 Å². The van der Waals surface area contributed by atoms with Crippen LogP contribution < -0.4 is 5.73 Å². The number of anilines is 1. The van der Waals surface area contributed by atoms with Crippen LogP contribution in [0.4, 0.5) is 5.82 Å². The summed E-state index contributed by atoms with van der Waals surface area (Å²) in [6.07, 6.45) is -2.77. The van der Waals surface area contributed by atoms with Gasteiger partial charge < -0.3 is 30.5 Å². The molecule has 12 nitrogen and oxygen atoms in total. The zero-order valence-corrected chi connectivity index (χ0v) is 13.4. The number of carboxylic acids is 1. The minimum Gasteiger partial charge on any atom is -0.481 e. The maximum atomic E-state index is 11.9. The molecule has 26 heavy (non-hydrogen) atoms. The zero-order valence-electron chi connectivity index (χ0n) is 13.4. The second-order valence-electron chi connectivity index (χ2n) is 5.67. The van der Waals surface area contributed by atoms with E-state index in [9.17, 15) is 19.8 Å². The molecular formula is C14H17N5O7. The molecule has 0 aromatic carbocycles. The van der Waals surface area contributed by atoms with Crippen molar-refractivity contribution in [2.75, 3.05) is 12.3 Å². The molecular weight excluding hydrogens is 350 g/mol. The molecule has 0 amide bonds. The van der Waals surface area contributed by atoms with Crippen LogP contribution in [-0.4, -0.2) is 71.7 Å². The van der Waals surface area contributed by atoms with Crippen molar-refractivity contribution < 1.29 is 34.4 Å². The van der Waals surface area contributed by atoms with Crippen molar-refractivity contribution in [3.8, 4) is 0 Å². The lowest BCUT2D eigenvalue weighted by molar-refractivity contribution is -0.160. The number of nitrogen functional groups attached to an aromatic ring is 1. The van der Waals surface area contributed by atoms with E-state index in [1.165, 1.54) is 17.2 Å². The predicted octanol–water partition coefficient (Wildman–Crippen LogP) is -1.56. The number of aliphatic hydroxyl groups is 2. The van der Waals surface area contributed by atoms with E-state index in [2.05, 4.69) is 15.0 Å². The van der Waals surface area contributed by atoms with Gasteiger partial charge >= 0.3 is 11.9 Å². The number of carbonyl (C=O) groups is 2. The summed E-state index contributed by atoms with van der Waals surface area (Å²) in [5, 5.41) is 28.3. The van der Waals surface area contributed by atoms with Crippen molar-refractivity contribution in [2.24, 2.45) is 0 Å². The van der Waals surface area contributed by atoms with Crippen molar-refractivity contribution >= 4 is 28.9 Å². The van der Waals surface area contributed by atoms with Crippen molar-refractivity contribution in [3.63, 3.8) is 0 Å². The van der Waals surface area contributed by atoms with Crippen LogP contribution in [0.1, 0.15) is 19.1 Å². The maximum absolute atomic E-state index is 11.9. The van der Waals surface area contributed by atoms with Crippen LogP contribution in [-0.2, 0) is 19.1 Å². The molecule has 1 aliphatic heterocycles. The Labute approximate surface area is 146 Å². The van der Waals surface area contributed by atoms with E-state index in [0.29, 0.717) is 11.2 Å². The summed E-state index contributed by atoms with van der Waals surface area (Å²) in [5.41, 5.74) is 6.33. The van der Waals surface area contributed by atoms with E-state index in [1.54, 1.807) is 0 Å². The first-order valence-electron chi connectivity index (χ1n) is 7.71. The van der Waals surface area contributed by atoms with E-state index in [-0.39, 0.29) is 12.2 Å². The fourth-order valence-electron chi connectivity index (χ4n) is 2.70. The normalized spacial score (nSPS) is 25.5. The summed E-state index contributed by atoms with van der Waals surface area (Å²) in [6.45, 7) is -0.509. The van der Waals surface area contributed by atoms with Gasteiger partial charge in [0.25, 0.3) is 0 Å². The van der Waals surface area contributed by atoms with E-state index in [0.717, 1.165) is 0 Å². The standard InChI is InChI=1S/C14H17N5O7/c15-12-9-13(17-4-16-12)19(5-18-9)14-11(10(24)6(3-20)25-14)26-8(23)2-1-7(21)22/h4-6,10-11,14,20,24H,1-3H2,(H,21,22)(H2,15,16,17)/t6-,10?,11-,14-/m1/s1. The Kier molecular flexibility index (Phi) is 4.97. The van der Waals surface area contributed by atoms with Crippen LogP contribution in [0.25, 0.3) is 11.2 Å². The number of fused-ring (bicyclic) bond motifs is 1. The molecule has 1 fully saturated rings. The molecule has 12 heteroatoms. The van der Waals surface area contributed by atoms with E-state index in [1.807, 2.05) is 0 Å². The summed E-state index contributed by atoms with van der Waals surface area (Å²) >= 11 is 0. The second-order valence-corrected chi connectivity index (χ2v) is 5.67. The summed E-state index contributed by atoms with van der Waals surface area (Å²) in [5.74, 6) is -1.83. The highest BCUT2D eigenvalue weighted by molar-refractivity contribution is 5.81. The van der Waals surface area contributed by atoms with E-state index in [4.69, 9.17) is 20.3 Å². The number of ether oxygens (including phenoxy) is 2. The zero-order chi connectivity index (χ0) is 18.8. The van der Waals surface area contributed by atoms with Crippen molar-refractivity contribution in [2.45, 2.75) is 37.4 Å². The van der Waals surface area contributed by atoms with Crippen LogP contribution in [0.3, 0.4) is 0 Å². The van der Waals surface area contributed by atoms with E-state index >= 15 is 0 Å². The quantitative estimate of drug-likeness (QED) is 0.433. The highest BCUT2D eigenvalue weighted by Crippen LogP contribution is 2.34. The number of hydrogen-bond acceptors (Lipinski definition) is 10. The average Bonchev–Trinajstić information content (AvgIpc) is 3.16. The van der Waals surface area contributed by atoms with Crippen molar-refractivity contribution in [1.29, 1.82) is 0 Å². The summed E-state index contributed by atoms with van der Waals surface area (Å²) in [7, 11) is 0. The smallest absolute Gasteiger partial charge is 0.306 e. The Hall–Kier alpha value is -2.83. The lowest BCUT2D eigenvalue weighted by Gasteiger charge is -2.21. The van der Waals surface area contributed by atoms with Crippen LogP contribution in [0.5, 0.6) is 0 Å². The Balaban J connectivity index is 1.88. The van der Waals surface area contributed by atoms with Gasteiger partial charge in [0, 0.05) is 0 Å². The number of aliphatic carboxylic acids is 1. The highest BCUT2D eigenvalue weighted by atomic mass is 16.6. The molecule has 1 unspecified atom stereocenters. The van der Waals surface area contributed by atoms with Crippen molar-refractivity contribution in [3.05, 3.63) is 12.7 Å². The lowest BCUT2D eigenvalue weighted by atomic mass is 10.1. The SMILES string of the molecule is Nc1ncnc2c1ncn2[C@@H]1O[C@H](CO)C(O)[C@H]1OC(=O)CCC(=O)O. The van der Waals surface area contributed by atoms with Gasteiger partial charge in [0.1, 0.15) is 24.1 Å². The molecule has 1 saturated heterocycles. The molecule has 0 saturated carbocycles. The lowest BCUT2D eigenvalue weighted by Crippen LogP contribution is -2.37. The number of carboxylic acid groups (broad SMARTS) is 1. The van der Waals surface area contributed by atoms with Gasteiger partial charge in [-0.3, -0.25) is 14.2 Å². The molecule has 1 aliphatic rings. The summed E-state index contributed by atoms with van der Waals surface area (Å²) in [4.78, 5) is 34.4. The summed E-state index contributed by atoms with van der Waals surface area (Å²) in [6, 6.07) is 0. The van der Waals surface area contributed by atoms with Gasteiger partial charge in [0.15, 0.2) is 23.8 Å². The highest BCUT2D eigenvalue weighted by Gasteiger charge is 2.47. The minimum atomic E-state index is -1.32. The third-order valence-electron chi connectivity index (χ3n) is 3.96. The Bertz CT molecular complexity index is 825. The molecule has 0 spiro atoms. The number of aliphatic hydroxyl groups excluding tert-OH is 2. The molecule has 3 rings (SSSR count). The number of imidazole rings is 1. The fourth-order valence-corrected chi connectivity index (χ4v) is 2.70. The molecule has 2 aromatic rings. The Morgan fingerprint density at radius 3 is 2.77 bits per heavy atom. The molecule has 4 atom stereocenters. The first-order valence-corrected chi connectivity index (χ1v) is 7.71. The van der Waals surface area contributed by atoms with Gasteiger partial charge in [0.2, 0.25) is 0 Å². The van der Waals surface area contributed by atoms with Gasteiger partial charge in [-0.15, -0.1) is 0 Å². The third-order valence-corrected chi connectivity index (χ3v) is 3.96. The number of rotatable bonds is 6. The number of nitrogens with two attached hydrogens (primary N) is 1. The molecule has 5 N–H and O–H groups in total. The maximum Gasteiger partial charge on any atom is 0.306 e. The topological polar surface area (TPSA) is 183 Å². The number of hydrogen-bond donors (Lipinski definition) is 4. The number of nitrogens with zero attached hydrogens (tertiary/aromatic N) is 4. The minimum absolute atomic E-state index is 0.140. The van der Waals surface area contributed by atoms with E-state index < -0.39 is 49.5 Å². The number of carbonyl (C=O) groups excluding carboxylic acids is 1. The molecule has 3 heterocycles. The molecule has 0 bridgehead atoms. The van der Waals surface area contributed by atoms with Crippen molar-refractivity contribution in [1.82, 2.24) is 19.5 Å². The fraction of sp³-hybridized carbons (Fsp3) is 0.500. The predicted molar refractivity (Wildman–Crippen MR) is 83.5 cm³/mol. The summed E-state index contributed by atoms with van der Waals surface area (Å²) < 4.78 is 12.2. The molecule has 2 aromatic heterocycles. The van der Waals surface area contributed by atoms with Gasteiger partial charge in [0.05, 0.1) is 25.8 Å². The molecule has 0 aliphatic carbocycles. The van der Waals surface area contributed by atoms with Crippen LogP contribution in [0, 0.1) is 0 Å². The second kappa shape index (κ2) is 7.19. The molecule has 0 radical (unpaired) electrons. The van der Waals surface area contributed by atoms with Gasteiger partial charge in [-0.2, -0.15) is 0 Å². The Morgan fingerprint density at radius 2 is 2.08 bits per heavy atom. The average molecular weight is 367 g/mol. The van der Waals surface area contributed by atoms with Gasteiger partial charge in [-0.25, -0.2) is 15.0 Å². The monoisotopic (exact) mass is 367 g/mol. The number of esters is 1. The Morgan fingerprint density at radius 1 is 1.31 bits per heavy atom. The van der Waals surface area contributed by atoms with Crippen LogP contribution in [0.2, 0.25) is 0 Å². The van der Waals surface area contributed by atoms with Gasteiger partial charge in [-0.1, -0.05) is 0 Å². The first kappa shape index (κ1) is 18.0. The third kappa shape index (κ3) is 3.29. The number of aromatic nitrogens is 4. The largest absolute Gasteiger partial charge is 0.481 e. The molecule has 140 valence electrons. The van der Waals surface area contributed by atoms with Crippen LogP contribution >= 0.6 is 0 Å².